The number of aliphatic hydroxyl groups excluding tert-OH is 2. The molecule has 0 spiro atoms. The molecule has 0 bridgehead atoms. The standard InChI is InChI=1S/C15H16O8/c16-6-10(18)12-13-15(21,14(20)23-12)9(5-11(19)22-13)7-1-3-8(17)4-2-7/h1-4,9-10,12-13,16-18,21H,5-6H2/t9-,10?,12-,13+,15+/m0/s1. The van der Waals surface area contributed by atoms with Gasteiger partial charge in [0, 0.05) is 5.92 Å². The molecular weight excluding hydrogens is 308 g/mol. The molecular formula is C15H16O8. The first-order valence-electron chi connectivity index (χ1n) is 7.08. The van der Waals surface area contributed by atoms with E-state index in [9.17, 15) is 24.9 Å². The quantitative estimate of drug-likeness (QED) is 0.510. The second-order valence-electron chi connectivity index (χ2n) is 5.70. The molecule has 2 aliphatic rings. The molecule has 8 nitrogen and oxygen atoms in total. The van der Waals surface area contributed by atoms with E-state index in [0.717, 1.165) is 0 Å². The van der Waals surface area contributed by atoms with Crippen molar-refractivity contribution in [2.75, 3.05) is 6.61 Å². The molecule has 0 amide bonds. The molecule has 2 saturated heterocycles. The zero-order valence-electron chi connectivity index (χ0n) is 12.0. The van der Waals surface area contributed by atoms with Gasteiger partial charge in [0.1, 0.15) is 11.9 Å². The number of phenolic OH excluding ortho intramolecular Hbond substituents is 1. The van der Waals surface area contributed by atoms with Gasteiger partial charge in [-0.15, -0.1) is 0 Å². The van der Waals surface area contributed by atoms with Crippen LogP contribution in [0, 0.1) is 0 Å². The van der Waals surface area contributed by atoms with Crippen LogP contribution in [0.5, 0.6) is 5.75 Å². The summed E-state index contributed by atoms with van der Waals surface area (Å²) in [6.07, 6.45) is -4.50. The van der Waals surface area contributed by atoms with E-state index in [1.54, 1.807) is 0 Å². The van der Waals surface area contributed by atoms with E-state index in [4.69, 9.17) is 14.6 Å². The third kappa shape index (κ3) is 2.35. The number of aliphatic hydroxyl groups is 3. The van der Waals surface area contributed by atoms with Crippen molar-refractivity contribution in [3.63, 3.8) is 0 Å². The Hall–Kier alpha value is -2.16. The highest BCUT2D eigenvalue weighted by molar-refractivity contribution is 5.88. The smallest absolute Gasteiger partial charge is 0.343 e. The van der Waals surface area contributed by atoms with Gasteiger partial charge in [-0.1, -0.05) is 12.1 Å². The number of benzene rings is 1. The Morgan fingerprint density at radius 1 is 1.22 bits per heavy atom. The summed E-state index contributed by atoms with van der Waals surface area (Å²) in [4.78, 5) is 24.1. The highest BCUT2D eigenvalue weighted by atomic mass is 16.6. The van der Waals surface area contributed by atoms with Gasteiger partial charge in [0.25, 0.3) is 0 Å². The molecule has 0 aromatic heterocycles. The molecule has 3 rings (SSSR count). The Morgan fingerprint density at radius 3 is 2.48 bits per heavy atom. The SMILES string of the molecule is O=C1C[C@@H](c2ccc(O)cc2)[C@]2(O)C(=O)O[C@@H](C(O)CO)[C@H]2O1. The van der Waals surface area contributed by atoms with Crippen molar-refractivity contribution in [1.82, 2.24) is 0 Å². The molecule has 1 aromatic rings. The van der Waals surface area contributed by atoms with Crippen LogP contribution in [-0.2, 0) is 19.1 Å². The van der Waals surface area contributed by atoms with E-state index in [1.165, 1.54) is 24.3 Å². The van der Waals surface area contributed by atoms with Crippen LogP contribution < -0.4 is 0 Å². The number of rotatable bonds is 3. The van der Waals surface area contributed by atoms with Crippen molar-refractivity contribution in [2.45, 2.75) is 36.3 Å². The van der Waals surface area contributed by atoms with Gasteiger partial charge in [-0.3, -0.25) is 4.79 Å². The van der Waals surface area contributed by atoms with Gasteiger partial charge >= 0.3 is 11.9 Å². The molecule has 23 heavy (non-hydrogen) atoms. The first-order valence-corrected chi connectivity index (χ1v) is 7.08. The lowest BCUT2D eigenvalue weighted by molar-refractivity contribution is -0.185. The Balaban J connectivity index is 2.02. The molecule has 1 unspecified atom stereocenters. The van der Waals surface area contributed by atoms with Crippen LogP contribution in [-0.4, -0.2) is 62.9 Å². The number of hydrogen-bond donors (Lipinski definition) is 4. The largest absolute Gasteiger partial charge is 0.508 e. The van der Waals surface area contributed by atoms with Gasteiger partial charge in [-0.05, 0) is 17.7 Å². The Labute approximate surface area is 130 Å². The fourth-order valence-electron chi connectivity index (χ4n) is 3.12. The first-order chi connectivity index (χ1) is 10.9. The molecule has 124 valence electrons. The lowest BCUT2D eigenvalue weighted by atomic mass is 9.74. The monoisotopic (exact) mass is 324 g/mol. The summed E-state index contributed by atoms with van der Waals surface area (Å²) < 4.78 is 10.0. The predicted octanol–water partition coefficient (Wildman–Crippen LogP) is -1.20. The van der Waals surface area contributed by atoms with Crippen molar-refractivity contribution in [3.05, 3.63) is 29.8 Å². The number of carbonyl (C=O) groups is 2. The zero-order valence-corrected chi connectivity index (χ0v) is 12.0. The summed E-state index contributed by atoms with van der Waals surface area (Å²) in [5, 5.41) is 39.0. The fourth-order valence-corrected chi connectivity index (χ4v) is 3.12. The summed E-state index contributed by atoms with van der Waals surface area (Å²) in [7, 11) is 0. The van der Waals surface area contributed by atoms with Gasteiger partial charge in [0.05, 0.1) is 13.0 Å². The molecule has 1 aromatic carbocycles. The maximum Gasteiger partial charge on any atom is 0.343 e. The normalized spacial score (nSPS) is 34.5. The predicted molar refractivity (Wildman–Crippen MR) is 73.3 cm³/mol. The third-order valence-electron chi connectivity index (χ3n) is 4.32. The third-order valence-corrected chi connectivity index (χ3v) is 4.32. The highest BCUT2D eigenvalue weighted by Gasteiger charge is 2.67. The number of carbonyl (C=O) groups excluding carboxylic acids is 2. The van der Waals surface area contributed by atoms with E-state index in [1.807, 2.05) is 0 Å². The number of ether oxygens (including phenoxy) is 2. The van der Waals surface area contributed by atoms with Gasteiger partial charge < -0.3 is 29.9 Å². The van der Waals surface area contributed by atoms with E-state index in [-0.39, 0.29) is 12.2 Å². The second kappa shape index (κ2) is 5.48. The van der Waals surface area contributed by atoms with Crippen molar-refractivity contribution in [2.24, 2.45) is 0 Å². The lowest BCUT2D eigenvalue weighted by Gasteiger charge is -2.38. The Kier molecular flexibility index (Phi) is 3.75. The number of cyclic esters (lactones) is 1. The minimum atomic E-state index is -2.16. The van der Waals surface area contributed by atoms with Gasteiger partial charge in [-0.2, -0.15) is 0 Å². The van der Waals surface area contributed by atoms with Crippen LogP contribution in [0.3, 0.4) is 0 Å². The van der Waals surface area contributed by atoms with Crippen LogP contribution >= 0.6 is 0 Å². The average molecular weight is 324 g/mol. The van der Waals surface area contributed by atoms with Crippen molar-refractivity contribution in [1.29, 1.82) is 0 Å². The van der Waals surface area contributed by atoms with Crippen LogP contribution in [0.1, 0.15) is 17.9 Å². The molecule has 4 N–H and O–H groups in total. The van der Waals surface area contributed by atoms with Crippen LogP contribution in [0.15, 0.2) is 24.3 Å². The topological polar surface area (TPSA) is 134 Å². The molecule has 0 aliphatic carbocycles. The summed E-state index contributed by atoms with van der Waals surface area (Å²) in [5.74, 6) is -2.63. The van der Waals surface area contributed by atoms with Gasteiger partial charge in [0.2, 0.25) is 5.60 Å². The zero-order chi connectivity index (χ0) is 16.8. The maximum absolute atomic E-state index is 12.2. The number of aromatic hydroxyl groups is 1. The molecule has 2 aliphatic heterocycles. The van der Waals surface area contributed by atoms with E-state index in [2.05, 4.69) is 0 Å². The van der Waals surface area contributed by atoms with Gasteiger partial charge in [-0.25, -0.2) is 4.79 Å². The molecule has 5 atom stereocenters. The Bertz CT molecular complexity index is 627. The van der Waals surface area contributed by atoms with Crippen molar-refractivity contribution in [3.8, 4) is 5.75 Å². The summed E-state index contributed by atoms with van der Waals surface area (Å²) in [6.45, 7) is -0.716. The van der Waals surface area contributed by atoms with Gasteiger partial charge in [0.15, 0.2) is 12.2 Å². The van der Waals surface area contributed by atoms with E-state index >= 15 is 0 Å². The second-order valence-corrected chi connectivity index (χ2v) is 5.70. The minimum absolute atomic E-state index is 0.00162. The molecule has 2 fully saturated rings. The lowest BCUT2D eigenvalue weighted by Crippen LogP contribution is -2.58. The van der Waals surface area contributed by atoms with Crippen molar-refractivity contribution < 1.29 is 39.5 Å². The van der Waals surface area contributed by atoms with E-state index < -0.39 is 48.4 Å². The summed E-state index contributed by atoms with van der Waals surface area (Å²) in [5.41, 5.74) is -1.71. The maximum atomic E-state index is 12.2. The number of hydrogen-bond acceptors (Lipinski definition) is 8. The number of esters is 2. The highest BCUT2D eigenvalue weighted by Crippen LogP contribution is 2.46. The molecule has 2 heterocycles. The van der Waals surface area contributed by atoms with E-state index in [0.29, 0.717) is 5.56 Å². The van der Waals surface area contributed by atoms with Crippen LogP contribution in [0.4, 0.5) is 0 Å². The summed E-state index contributed by atoms with van der Waals surface area (Å²) >= 11 is 0. The molecule has 8 heteroatoms. The molecule has 0 saturated carbocycles. The number of fused-ring (bicyclic) bond motifs is 1. The Morgan fingerprint density at radius 2 is 1.87 bits per heavy atom. The van der Waals surface area contributed by atoms with Crippen LogP contribution in [0.2, 0.25) is 0 Å². The molecule has 0 radical (unpaired) electrons. The fraction of sp³-hybridized carbons (Fsp3) is 0.467. The first kappa shape index (κ1) is 15.7. The summed E-state index contributed by atoms with van der Waals surface area (Å²) in [6, 6.07) is 5.70. The van der Waals surface area contributed by atoms with Crippen LogP contribution in [0.25, 0.3) is 0 Å². The average Bonchev–Trinajstić information content (AvgIpc) is 2.79. The minimum Gasteiger partial charge on any atom is -0.508 e. The van der Waals surface area contributed by atoms with Crippen molar-refractivity contribution >= 4 is 11.9 Å². The number of phenols is 1.